The molecule has 7 heteroatoms. The van der Waals surface area contributed by atoms with Crippen molar-refractivity contribution in [3.05, 3.63) is 28.5 Å². The molecule has 0 amide bonds. The highest BCUT2D eigenvalue weighted by Crippen LogP contribution is 2.44. The molecular formula is C13H18ClFN2O2S. The highest BCUT2D eigenvalue weighted by molar-refractivity contribution is 7.89. The number of benzene rings is 1. The lowest BCUT2D eigenvalue weighted by atomic mass is 10.2. The molecule has 1 fully saturated rings. The van der Waals surface area contributed by atoms with Crippen molar-refractivity contribution in [2.24, 2.45) is 5.41 Å². The molecule has 0 radical (unpaired) electrons. The molecular weight excluding hydrogens is 303 g/mol. The Bertz CT molecular complexity index is 615. The van der Waals surface area contributed by atoms with Crippen molar-refractivity contribution in [3.63, 3.8) is 0 Å². The third kappa shape index (κ3) is 3.49. The lowest BCUT2D eigenvalue weighted by Crippen LogP contribution is -2.29. The largest absolute Gasteiger partial charge is 0.316 e. The van der Waals surface area contributed by atoms with Gasteiger partial charge in [0, 0.05) is 13.1 Å². The van der Waals surface area contributed by atoms with E-state index in [0.29, 0.717) is 18.7 Å². The summed E-state index contributed by atoms with van der Waals surface area (Å²) in [6.45, 7) is 2.70. The highest BCUT2D eigenvalue weighted by Gasteiger charge is 2.38. The van der Waals surface area contributed by atoms with E-state index in [4.69, 9.17) is 11.6 Å². The minimum absolute atomic E-state index is 0.0475. The number of nitrogens with one attached hydrogen (secondary N) is 2. The molecule has 0 aromatic heterocycles. The number of sulfonamides is 1. The first-order chi connectivity index (χ1) is 9.27. The van der Waals surface area contributed by atoms with Crippen molar-refractivity contribution in [2.75, 3.05) is 13.6 Å². The van der Waals surface area contributed by atoms with Gasteiger partial charge in [-0.05, 0) is 43.0 Å². The molecule has 1 aromatic rings. The molecule has 0 heterocycles. The SMILES string of the molecule is CNCc1cc(S(=O)(=O)NCC2(C)CC2)cc(F)c1Cl. The predicted molar refractivity (Wildman–Crippen MR) is 76.7 cm³/mol. The molecule has 20 heavy (non-hydrogen) atoms. The van der Waals surface area contributed by atoms with Crippen molar-refractivity contribution in [3.8, 4) is 0 Å². The minimum Gasteiger partial charge on any atom is -0.316 e. The minimum atomic E-state index is -3.71. The predicted octanol–water partition coefficient (Wildman–Crippen LogP) is 2.28. The van der Waals surface area contributed by atoms with Crippen LogP contribution in [0.5, 0.6) is 0 Å². The third-order valence-electron chi connectivity index (χ3n) is 3.55. The fourth-order valence-corrected chi connectivity index (χ4v) is 3.27. The summed E-state index contributed by atoms with van der Waals surface area (Å²) in [5.74, 6) is -0.725. The van der Waals surface area contributed by atoms with Crippen LogP contribution in [0.1, 0.15) is 25.3 Å². The zero-order valence-electron chi connectivity index (χ0n) is 11.5. The van der Waals surface area contributed by atoms with E-state index >= 15 is 0 Å². The van der Waals surface area contributed by atoms with Crippen LogP contribution in [0.4, 0.5) is 4.39 Å². The van der Waals surface area contributed by atoms with E-state index in [0.717, 1.165) is 18.9 Å². The van der Waals surface area contributed by atoms with Gasteiger partial charge in [-0.1, -0.05) is 18.5 Å². The first-order valence-corrected chi connectivity index (χ1v) is 8.26. The van der Waals surface area contributed by atoms with Gasteiger partial charge in [0.25, 0.3) is 0 Å². The van der Waals surface area contributed by atoms with Crippen LogP contribution in [0.3, 0.4) is 0 Å². The second kappa shape index (κ2) is 5.60. The summed E-state index contributed by atoms with van der Waals surface area (Å²) in [5.41, 5.74) is 0.471. The summed E-state index contributed by atoms with van der Waals surface area (Å²) in [7, 11) is -2.03. The highest BCUT2D eigenvalue weighted by atomic mass is 35.5. The number of hydrogen-bond donors (Lipinski definition) is 2. The maximum Gasteiger partial charge on any atom is 0.240 e. The van der Waals surface area contributed by atoms with Gasteiger partial charge in [0.2, 0.25) is 10.0 Å². The van der Waals surface area contributed by atoms with Crippen LogP contribution in [-0.2, 0) is 16.6 Å². The fourth-order valence-electron chi connectivity index (χ4n) is 1.84. The second-order valence-electron chi connectivity index (χ2n) is 5.54. The molecule has 0 aliphatic heterocycles. The number of rotatable bonds is 6. The zero-order chi connectivity index (χ0) is 15.0. The van der Waals surface area contributed by atoms with E-state index in [1.807, 2.05) is 6.92 Å². The lowest BCUT2D eigenvalue weighted by molar-refractivity contribution is 0.529. The molecule has 112 valence electrons. The maximum absolute atomic E-state index is 13.7. The van der Waals surface area contributed by atoms with E-state index < -0.39 is 15.8 Å². The van der Waals surface area contributed by atoms with Crippen LogP contribution in [0.15, 0.2) is 17.0 Å². The lowest BCUT2D eigenvalue weighted by Gasteiger charge is -2.13. The molecule has 1 aliphatic rings. The van der Waals surface area contributed by atoms with E-state index in [1.54, 1.807) is 7.05 Å². The van der Waals surface area contributed by atoms with Gasteiger partial charge in [-0.3, -0.25) is 0 Å². The van der Waals surface area contributed by atoms with Crippen LogP contribution < -0.4 is 10.0 Å². The monoisotopic (exact) mass is 320 g/mol. The van der Waals surface area contributed by atoms with Gasteiger partial charge in [0.05, 0.1) is 9.92 Å². The van der Waals surface area contributed by atoms with Crippen molar-refractivity contribution in [2.45, 2.75) is 31.2 Å². The molecule has 0 atom stereocenters. The van der Waals surface area contributed by atoms with Crippen LogP contribution in [0, 0.1) is 11.2 Å². The summed E-state index contributed by atoms with van der Waals surface area (Å²) >= 11 is 5.82. The molecule has 0 bridgehead atoms. The van der Waals surface area contributed by atoms with E-state index in [2.05, 4.69) is 10.0 Å². The maximum atomic E-state index is 13.7. The average molecular weight is 321 g/mol. The van der Waals surface area contributed by atoms with Crippen molar-refractivity contribution < 1.29 is 12.8 Å². The first kappa shape index (κ1) is 15.7. The Morgan fingerprint density at radius 1 is 1.40 bits per heavy atom. The molecule has 4 nitrogen and oxygen atoms in total. The molecule has 1 aromatic carbocycles. The molecule has 0 unspecified atom stereocenters. The summed E-state index contributed by atoms with van der Waals surface area (Å²) in [4.78, 5) is -0.0890. The van der Waals surface area contributed by atoms with E-state index in [1.165, 1.54) is 6.07 Å². The average Bonchev–Trinajstić information content (AvgIpc) is 3.11. The van der Waals surface area contributed by atoms with Crippen molar-refractivity contribution >= 4 is 21.6 Å². The standard InChI is InChI=1S/C13H18ClFN2O2S/c1-13(3-4-13)8-17-20(18,19)10-5-9(7-16-2)12(14)11(15)6-10/h5-6,16-17H,3-4,7-8H2,1-2H3. The number of hydrogen-bond acceptors (Lipinski definition) is 3. The Kier molecular flexibility index (Phi) is 4.39. The number of halogens is 2. The molecule has 2 rings (SSSR count). The van der Waals surface area contributed by atoms with E-state index in [-0.39, 0.29) is 15.3 Å². The quantitative estimate of drug-likeness (QED) is 0.845. The Balaban J connectivity index is 2.26. The Morgan fingerprint density at radius 3 is 2.60 bits per heavy atom. The third-order valence-corrected chi connectivity index (χ3v) is 5.35. The summed E-state index contributed by atoms with van der Waals surface area (Å²) in [5, 5.41) is 2.78. The summed E-state index contributed by atoms with van der Waals surface area (Å²) in [6, 6.07) is 2.36. The second-order valence-corrected chi connectivity index (χ2v) is 7.69. The van der Waals surface area contributed by atoms with Crippen molar-refractivity contribution in [1.29, 1.82) is 0 Å². The fraction of sp³-hybridized carbons (Fsp3) is 0.538. The topological polar surface area (TPSA) is 58.2 Å². The van der Waals surface area contributed by atoms with Crippen molar-refractivity contribution in [1.82, 2.24) is 10.0 Å². The van der Waals surface area contributed by atoms with Crippen LogP contribution in [0.25, 0.3) is 0 Å². The van der Waals surface area contributed by atoms with Gasteiger partial charge < -0.3 is 5.32 Å². The first-order valence-electron chi connectivity index (χ1n) is 6.40. The van der Waals surface area contributed by atoms with Gasteiger partial charge in [0.15, 0.2) is 0 Å². The molecule has 1 aliphatic carbocycles. The smallest absolute Gasteiger partial charge is 0.240 e. The zero-order valence-corrected chi connectivity index (χ0v) is 13.0. The Hall–Kier alpha value is -0.690. The van der Waals surface area contributed by atoms with E-state index in [9.17, 15) is 12.8 Å². The Labute approximate surface area is 123 Å². The van der Waals surface area contributed by atoms with Crippen LogP contribution in [-0.4, -0.2) is 22.0 Å². The molecule has 2 N–H and O–H groups in total. The summed E-state index contributed by atoms with van der Waals surface area (Å²) in [6.07, 6.45) is 2.02. The van der Waals surface area contributed by atoms with Gasteiger partial charge >= 0.3 is 0 Å². The van der Waals surface area contributed by atoms with Gasteiger partial charge in [-0.15, -0.1) is 0 Å². The molecule has 1 saturated carbocycles. The normalized spacial score (nSPS) is 17.2. The van der Waals surface area contributed by atoms with Gasteiger partial charge in [-0.25, -0.2) is 17.5 Å². The van der Waals surface area contributed by atoms with Crippen LogP contribution >= 0.6 is 11.6 Å². The van der Waals surface area contributed by atoms with Gasteiger partial charge in [-0.2, -0.15) is 0 Å². The van der Waals surface area contributed by atoms with Gasteiger partial charge in [0.1, 0.15) is 5.82 Å². The Morgan fingerprint density at radius 2 is 2.05 bits per heavy atom. The molecule has 0 saturated heterocycles. The molecule has 0 spiro atoms. The van der Waals surface area contributed by atoms with Crippen LogP contribution in [0.2, 0.25) is 5.02 Å². The summed E-state index contributed by atoms with van der Waals surface area (Å²) < 4.78 is 40.6.